The van der Waals surface area contributed by atoms with E-state index in [0.29, 0.717) is 17.9 Å². The summed E-state index contributed by atoms with van der Waals surface area (Å²) in [5.74, 6) is -0.0298. The third-order valence-electron chi connectivity index (χ3n) is 5.37. The Kier molecular flexibility index (Phi) is 8.94. The van der Waals surface area contributed by atoms with Crippen molar-refractivity contribution >= 4 is 58.2 Å². The van der Waals surface area contributed by atoms with Crippen molar-refractivity contribution in [2.75, 3.05) is 11.1 Å². The third-order valence-corrected chi connectivity index (χ3v) is 6.96. The molecule has 1 aliphatic rings. The van der Waals surface area contributed by atoms with Crippen LogP contribution in [-0.2, 0) is 20.9 Å². The summed E-state index contributed by atoms with van der Waals surface area (Å²) >= 11 is 18.5. The minimum Gasteiger partial charge on any atom is -0.392 e. The second kappa shape index (κ2) is 11.9. The molecular weight excluding hydrogens is 531 g/mol. The number of halogens is 3. The Bertz CT molecular complexity index is 1110. The molecule has 1 fully saturated rings. The molecule has 3 atom stereocenters. The van der Waals surface area contributed by atoms with E-state index in [1.165, 1.54) is 0 Å². The van der Waals surface area contributed by atoms with Crippen LogP contribution in [0, 0.1) is 0 Å². The van der Waals surface area contributed by atoms with Gasteiger partial charge in [-0.15, -0.1) is 11.8 Å². The van der Waals surface area contributed by atoms with Crippen molar-refractivity contribution in [1.29, 1.82) is 0 Å². The van der Waals surface area contributed by atoms with Crippen molar-refractivity contribution in [2.24, 2.45) is 0 Å². The number of hydrogen-bond acceptors (Lipinski definition) is 6. The van der Waals surface area contributed by atoms with Gasteiger partial charge in [0, 0.05) is 29.6 Å². The van der Waals surface area contributed by atoms with E-state index in [1.54, 1.807) is 42.2 Å². The van der Waals surface area contributed by atoms with E-state index in [1.807, 2.05) is 42.5 Å². The predicted octanol–water partition coefficient (Wildman–Crippen LogP) is 6.22. The van der Waals surface area contributed by atoms with Gasteiger partial charge in [-0.25, -0.2) is 4.98 Å². The minimum absolute atomic E-state index is 0.0119. The van der Waals surface area contributed by atoms with E-state index in [0.717, 1.165) is 21.7 Å². The molecule has 2 N–H and O–H groups in total. The fraction of sp³-hybridized carbons (Fsp3) is 0.280. The first-order valence-electron chi connectivity index (χ1n) is 10.8. The molecule has 0 aliphatic carbocycles. The van der Waals surface area contributed by atoms with Gasteiger partial charge in [-0.2, -0.15) is 0 Å². The van der Waals surface area contributed by atoms with Crippen LogP contribution in [0.3, 0.4) is 0 Å². The molecule has 10 heteroatoms. The number of carbonyl (C=O) groups is 1. The van der Waals surface area contributed by atoms with Crippen LogP contribution in [0.4, 0.5) is 5.69 Å². The molecule has 35 heavy (non-hydrogen) atoms. The fourth-order valence-corrected chi connectivity index (χ4v) is 4.58. The van der Waals surface area contributed by atoms with Gasteiger partial charge in [0.05, 0.1) is 23.8 Å². The molecule has 0 saturated carbocycles. The maximum atomic E-state index is 11.9. The summed E-state index contributed by atoms with van der Waals surface area (Å²) in [7, 11) is 0. The summed E-state index contributed by atoms with van der Waals surface area (Å²) in [5.41, 5.74) is 3.13. The summed E-state index contributed by atoms with van der Waals surface area (Å²) in [6.45, 7) is -0.0119. The molecule has 4 rings (SSSR count). The number of pyridine rings is 1. The summed E-state index contributed by atoms with van der Waals surface area (Å²) in [6.07, 6.45) is 1.54. The van der Waals surface area contributed by atoms with Gasteiger partial charge in [0.25, 0.3) is 9.70 Å². The first-order valence-corrected chi connectivity index (χ1v) is 13.0. The summed E-state index contributed by atoms with van der Waals surface area (Å²) in [4.78, 5) is 16.3. The first kappa shape index (κ1) is 26.2. The number of thioether (sulfide) groups is 1. The average molecular weight is 554 g/mol. The Balaban J connectivity index is 1.50. The highest BCUT2D eigenvalue weighted by Crippen LogP contribution is 2.39. The number of carbonyl (C=O) groups excluding carboxylic acids is 1. The number of aliphatic hydroxyl groups is 1. The number of amides is 1. The zero-order valence-corrected chi connectivity index (χ0v) is 21.5. The second-order valence-electron chi connectivity index (χ2n) is 7.90. The third kappa shape index (κ3) is 7.33. The number of rotatable bonds is 7. The average Bonchev–Trinajstić information content (AvgIpc) is 2.88. The van der Waals surface area contributed by atoms with E-state index in [2.05, 4.69) is 10.3 Å². The van der Waals surface area contributed by atoms with Crippen LogP contribution in [0.2, 0.25) is 0 Å². The molecule has 2 aromatic carbocycles. The van der Waals surface area contributed by atoms with Crippen LogP contribution in [0.1, 0.15) is 35.5 Å². The molecule has 0 spiro atoms. The Morgan fingerprint density at radius 2 is 1.74 bits per heavy atom. The lowest BCUT2D eigenvalue weighted by atomic mass is 10.0. The zero-order chi connectivity index (χ0) is 24.8. The molecule has 0 bridgehead atoms. The van der Waals surface area contributed by atoms with Crippen molar-refractivity contribution in [1.82, 2.24) is 4.98 Å². The predicted molar refractivity (Wildman–Crippen MR) is 139 cm³/mol. The largest absolute Gasteiger partial charge is 0.392 e. The molecule has 3 aromatic rings. The zero-order valence-electron chi connectivity index (χ0n) is 18.4. The highest BCUT2D eigenvalue weighted by molar-refractivity contribution is 7.99. The molecule has 6 nitrogen and oxygen atoms in total. The fourth-order valence-electron chi connectivity index (χ4n) is 3.56. The van der Waals surface area contributed by atoms with Gasteiger partial charge < -0.3 is 19.9 Å². The van der Waals surface area contributed by atoms with E-state index in [-0.39, 0.29) is 18.8 Å². The highest BCUT2D eigenvalue weighted by Gasteiger charge is 2.33. The molecule has 3 unspecified atom stereocenters. The minimum atomic E-state index is -2.05. The number of anilines is 1. The maximum Gasteiger partial charge on any atom is 0.276 e. The number of nitrogens with one attached hydrogen (secondary N) is 1. The molecular formula is C25H23Cl3N2O4S. The van der Waals surface area contributed by atoms with E-state index in [4.69, 9.17) is 44.3 Å². The standard InChI is InChI=1S/C25H23Cl3N2O4S/c26-25(27,28)24(32)30-19-10-8-18(9-11-19)23-33-20(15-35-22-3-1-2-12-29-22)13-21(34-23)17-6-4-16(14-31)5-7-17/h1-12,20-21,23,31H,13-15H2,(H,30,32). The Labute approximate surface area is 222 Å². The van der Waals surface area contributed by atoms with Gasteiger partial charge in [-0.1, -0.05) is 77.3 Å². The number of aromatic nitrogens is 1. The second-order valence-corrected chi connectivity index (χ2v) is 11.2. The van der Waals surface area contributed by atoms with Crippen molar-refractivity contribution < 1.29 is 19.4 Å². The Morgan fingerprint density at radius 1 is 1.03 bits per heavy atom. The van der Waals surface area contributed by atoms with E-state index < -0.39 is 16.0 Å². The smallest absolute Gasteiger partial charge is 0.276 e. The number of benzene rings is 2. The van der Waals surface area contributed by atoms with Crippen molar-refractivity contribution in [3.63, 3.8) is 0 Å². The molecule has 1 saturated heterocycles. The molecule has 1 aliphatic heterocycles. The van der Waals surface area contributed by atoms with Crippen molar-refractivity contribution in [3.05, 3.63) is 89.6 Å². The Morgan fingerprint density at radius 3 is 2.37 bits per heavy atom. The number of ether oxygens (including phenoxy) is 2. The van der Waals surface area contributed by atoms with Crippen LogP contribution in [0.15, 0.2) is 78.0 Å². The van der Waals surface area contributed by atoms with Gasteiger partial charge >= 0.3 is 0 Å². The number of alkyl halides is 3. The summed E-state index contributed by atoms with van der Waals surface area (Å²) in [6, 6.07) is 20.5. The van der Waals surface area contributed by atoms with E-state index >= 15 is 0 Å². The highest BCUT2D eigenvalue weighted by atomic mass is 35.6. The van der Waals surface area contributed by atoms with Crippen LogP contribution < -0.4 is 5.32 Å². The van der Waals surface area contributed by atoms with Crippen molar-refractivity contribution in [2.45, 2.75) is 40.3 Å². The van der Waals surface area contributed by atoms with Crippen LogP contribution >= 0.6 is 46.6 Å². The summed E-state index contributed by atoms with van der Waals surface area (Å²) in [5, 5.41) is 12.8. The van der Waals surface area contributed by atoms with Gasteiger partial charge in [-0.3, -0.25) is 4.79 Å². The molecule has 1 aromatic heterocycles. The lowest BCUT2D eigenvalue weighted by Crippen LogP contribution is -2.31. The molecule has 184 valence electrons. The molecule has 0 radical (unpaired) electrons. The lowest BCUT2D eigenvalue weighted by Gasteiger charge is -2.36. The van der Waals surface area contributed by atoms with Crippen molar-refractivity contribution in [3.8, 4) is 0 Å². The van der Waals surface area contributed by atoms with Crippen LogP contribution in [-0.4, -0.2) is 31.6 Å². The van der Waals surface area contributed by atoms with E-state index in [9.17, 15) is 9.90 Å². The topological polar surface area (TPSA) is 80.7 Å². The Hall–Kier alpha value is -1.84. The quantitative estimate of drug-likeness (QED) is 0.267. The number of hydrogen-bond donors (Lipinski definition) is 2. The van der Waals surface area contributed by atoms with Gasteiger partial charge in [0.15, 0.2) is 6.29 Å². The van der Waals surface area contributed by atoms with Gasteiger partial charge in [-0.05, 0) is 35.4 Å². The van der Waals surface area contributed by atoms with Crippen LogP contribution in [0.5, 0.6) is 0 Å². The molecule has 2 heterocycles. The number of aliphatic hydroxyl groups excluding tert-OH is 1. The first-order chi connectivity index (χ1) is 16.8. The maximum absolute atomic E-state index is 11.9. The summed E-state index contributed by atoms with van der Waals surface area (Å²) < 4.78 is 10.6. The molecule has 1 amide bonds. The van der Waals surface area contributed by atoms with Crippen LogP contribution in [0.25, 0.3) is 0 Å². The lowest BCUT2D eigenvalue weighted by molar-refractivity contribution is -0.245. The SMILES string of the molecule is O=C(Nc1ccc(C2OC(CSc3ccccn3)CC(c3ccc(CO)cc3)O2)cc1)C(Cl)(Cl)Cl. The normalized spacial score (nSPS) is 20.4. The van der Waals surface area contributed by atoms with Gasteiger partial charge in [0.2, 0.25) is 0 Å². The van der Waals surface area contributed by atoms with Gasteiger partial charge in [0.1, 0.15) is 0 Å². The monoisotopic (exact) mass is 552 g/mol. The number of nitrogens with zero attached hydrogens (tertiary/aromatic N) is 1.